The molecule has 0 aromatic carbocycles. The molecule has 0 spiro atoms. The Labute approximate surface area is 97.3 Å². The van der Waals surface area contributed by atoms with Gasteiger partial charge in [-0.2, -0.15) is 0 Å². The second-order valence-corrected chi connectivity index (χ2v) is 4.91. The van der Waals surface area contributed by atoms with Gasteiger partial charge >= 0.3 is 0 Å². The van der Waals surface area contributed by atoms with Gasteiger partial charge in [-0.3, -0.25) is 4.79 Å². The number of nitrogens with zero attached hydrogens (tertiary/aromatic N) is 1. The van der Waals surface area contributed by atoms with Gasteiger partial charge in [0.25, 0.3) is 0 Å². The lowest BCUT2D eigenvalue weighted by Gasteiger charge is -2.31. The maximum atomic E-state index is 12.1. The molecule has 1 unspecified atom stereocenters. The Kier molecular flexibility index (Phi) is 4.18. The van der Waals surface area contributed by atoms with Crippen LogP contribution < -0.4 is 5.32 Å². The smallest absolute Gasteiger partial charge is 0.222 e. The molecule has 2 aliphatic heterocycles. The van der Waals surface area contributed by atoms with E-state index in [1.165, 1.54) is 0 Å². The summed E-state index contributed by atoms with van der Waals surface area (Å²) in [6.45, 7) is 3.67. The third kappa shape index (κ3) is 2.95. The minimum Gasteiger partial charge on any atom is -0.381 e. The zero-order chi connectivity index (χ0) is 11.4. The lowest BCUT2D eigenvalue weighted by molar-refractivity contribution is -0.134. The minimum atomic E-state index is 0.306. The second kappa shape index (κ2) is 5.64. The standard InChI is InChI=1S/C12H22N2O2/c1-14(11-3-6-16-7-4-11)12(15)8-10-2-5-13-9-10/h10-11,13H,2-9H2,1H3. The van der Waals surface area contributed by atoms with Crippen LogP contribution in [-0.4, -0.2) is 50.2 Å². The Balaban J connectivity index is 1.78. The summed E-state index contributed by atoms with van der Waals surface area (Å²) in [4.78, 5) is 14.0. The van der Waals surface area contributed by atoms with Gasteiger partial charge < -0.3 is 15.0 Å². The number of hydrogen-bond acceptors (Lipinski definition) is 3. The normalized spacial score (nSPS) is 26.9. The zero-order valence-electron chi connectivity index (χ0n) is 10.1. The third-order valence-corrected chi connectivity index (χ3v) is 3.76. The first-order valence-corrected chi connectivity index (χ1v) is 6.31. The number of carbonyl (C=O) groups is 1. The fourth-order valence-corrected chi connectivity index (χ4v) is 2.56. The molecule has 92 valence electrons. The lowest BCUT2D eigenvalue weighted by atomic mass is 10.0. The van der Waals surface area contributed by atoms with E-state index >= 15 is 0 Å². The van der Waals surface area contributed by atoms with Crippen molar-refractivity contribution in [3.05, 3.63) is 0 Å². The Bertz CT molecular complexity index is 233. The van der Waals surface area contributed by atoms with Crippen molar-refractivity contribution in [2.75, 3.05) is 33.4 Å². The molecule has 1 amide bonds. The van der Waals surface area contributed by atoms with E-state index in [1.807, 2.05) is 11.9 Å². The number of hydrogen-bond donors (Lipinski definition) is 1. The molecular weight excluding hydrogens is 204 g/mol. The van der Waals surface area contributed by atoms with Crippen molar-refractivity contribution >= 4 is 5.91 Å². The van der Waals surface area contributed by atoms with E-state index in [9.17, 15) is 4.79 Å². The van der Waals surface area contributed by atoms with Gasteiger partial charge in [0.05, 0.1) is 0 Å². The number of nitrogens with one attached hydrogen (secondary N) is 1. The predicted octanol–water partition coefficient (Wildman–Crippen LogP) is 0.623. The van der Waals surface area contributed by atoms with E-state index in [-0.39, 0.29) is 0 Å². The highest BCUT2D eigenvalue weighted by molar-refractivity contribution is 5.76. The van der Waals surface area contributed by atoms with E-state index in [0.29, 0.717) is 24.3 Å². The largest absolute Gasteiger partial charge is 0.381 e. The fourth-order valence-electron chi connectivity index (χ4n) is 2.56. The summed E-state index contributed by atoms with van der Waals surface area (Å²) in [7, 11) is 1.95. The van der Waals surface area contributed by atoms with Crippen LogP contribution in [0.25, 0.3) is 0 Å². The summed E-state index contributed by atoms with van der Waals surface area (Å²) in [6, 6.07) is 0.399. The molecule has 1 N–H and O–H groups in total. The molecule has 2 heterocycles. The van der Waals surface area contributed by atoms with Crippen LogP contribution >= 0.6 is 0 Å². The molecule has 0 bridgehead atoms. The van der Waals surface area contributed by atoms with Crippen LogP contribution in [0.15, 0.2) is 0 Å². The van der Waals surface area contributed by atoms with Crippen LogP contribution in [0.5, 0.6) is 0 Å². The van der Waals surface area contributed by atoms with E-state index in [2.05, 4.69) is 5.32 Å². The molecule has 0 radical (unpaired) electrons. The first-order chi connectivity index (χ1) is 7.77. The summed E-state index contributed by atoms with van der Waals surface area (Å²) in [5, 5.41) is 3.31. The molecule has 4 heteroatoms. The van der Waals surface area contributed by atoms with Crippen LogP contribution in [0.3, 0.4) is 0 Å². The van der Waals surface area contributed by atoms with Gasteiger partial charge in [-0.15, -0.1) is 0 Å². The first-order valence-electron chi connectivity index (χ1n) is 6.31. The maximum absolute atomic E-state index is 12.1. The van der Waals surface area contributed by atoms with Gasteiger partial charge in [0.2, 0.25) is 5.91 Å². The van der Waals surface area contributed by atoms with Crippen molar-refractivity contribution in [1.29, 1.82) is 0 Å². The van der Waals surface area contributed by atoms with Gasteiger partial charge in [0.15, 0.2) is 0 Å². The molecule has 4 nitrogen and oxygen atoms in total. The lowest BCUT2D eigenvalue weighted by Crippen LogP contribution is -2.41. The Morgan fingerprint density at radius 1 is 1.38 bits per heavy atom. The van der Waals surface area contributed by atoms with Crippen LogP contribution in [-0.2, 0) is 9.53 Å². The highest BCUT2D eigenvalue weighted by Crippen LogP contribution is 2.18. The first kappa shape index (κ1) is 11.9. The van der Waals surface area contributed by atoms with Crippen molar-refractivity contribution in [3.63, 3.8) is 0 Å². The van der Waals surface area contributed by atoms with Gasteiger partial charge in [0.1, 0.15) is 0 Å². The van der Waals surface area contributed by atoms with Crippen molar-refractivity contribution in [3.8, 4) is 0 Å². The van der Waals surface area contributed by atoms with Gasteiger partial charge in [0, 0.05) is 32.7 Å². The summed E-state index contributed by atoms with van der Waals surface area (Å²) < 4.78 is 5.32. The zero-order valence-corrected chi connectivity index (χ0v) is 10.1. The van der Waals surface area contributed by atoms with Gasteiger partial charge in [-0.25, -0.2) is 0 Å². The van der Waals surface area contributed by atoms with E-state index in [4.69, 9.17) is 4.74 Å². The molecule has 0 aromatic heterocycles. The molecule has 2 fully saturated rings. The molecule has 2 aliphatic rings. The monoisotopic (exact) mass is 226 g/mol. The topological polar surface area (TPSA) is 41.6 Å². The molecule has 0 aliphatic carbocycles. The highest BCUT2D eigenvalue weighted by atomic mass is 16.5. The quantitative estimate of drug-likeness (QED) is 0.767. The third-order valence-electron chi connectivity index (χ3n) is 3.76. The van der Waals surface area contributed by atoms with Crippen molar-refractivity contribution in [1.82, 2.24) is 10.2 Å². The molecule has 2 saturated heterocycles. The minimum absolute atomic E-state index is 0.306. The predicted molar refractivity (Wildman–Crippen MR) is 62.2 cm³/mol. The van der Waals surface area contributed by atoms with E-state index < -0.39 is 0 Å². The fraction of sp³-hybridized carbons (Fsp3) is 0.917. The van der Waals surface area contributed by atoms with Gasteiger partial charge in [-0.05, 0) is 38.3 Å². The highest BCUT2D eigenvalue weighted by Gasteiger charge is 2.25. The molecule has 2 rings (SSSR count). The Morgan fingerprint density at radius 3 is 2.75 bits per heavy atom. The SMILES string of the molecule is CN(C(=O)CC1CCNC1)C1CCOCC1. The summed E-state index contributed by atoms with van der Waals surface area (Å²) in [6.07, 6.45) is 3.84. The maximum Gasteiger partial charge on any atom is 0.222 e. The number of carbonyl (C=O) groups excluding carboxylic acids is 1. The number of amides is 1. The average Bonchev–Trinajstić information content (AvgIpc) is 2.82. The van der Waals surface area contributed by atoms with Crippen molar-refractivity contribution in [2.24, 2.45) is 5.92 Å². The average molecular weight is 226 g/mol. The summed E-state index contributed by atoms with van der Waals surface area (Å²) >= 11 is 0. The Morgan fingerprint density at radius 2 is 2.12 bits per heavy atom. The molecule has 1 atom stereocenters. The van der Waals surface area contributed by atoms with Crippen LogP contribution in [0.2, 0.25) is 0 Å². The van der Waals surface area contributed by atoms with Crippen LogP contribution in [0.1, 0.15) is 25.7 Å². The van der Waals surface area contributed by atoms with Crippen LogP contribution in [0, 0.1) is 5.92 Å². The van der Waals surface area contributed by atoms with E-state index in [1.54, 1.807) is 0 Å². The second-order valence-electron chi connectivity index (χ2n) is 4.91. The number of rotatable bonds is 3. The molecule has 0 saturated carbocycles. The molecule has 0 aromatic rings. The molecule has 16 heavy (non-hydrogen) atoms. The Hall–Kier alpha value is -0.610. The van der Waals surface area contributed by atoms with Gasteiger partial charge in [-0.1, -0.05) is 0 Å². The summed E-state index contributed by atoms with van der Waals surface area (Å²) in [5.74, 6) is 0.857. The van der Waals surface area contributed by atoms with E-state index in [0.717, 1.165) is 45.6 Å². The number of ether oxygens (including phenoxy) is 1. The van der Waals surface area contributed by atoms with Crippen molar-refractivity contribution in [2.45, 2.75) is 31.7 Å². The summed E-state index contributed by atoms with van der Waals surface area (Å²) in [5.41, 5.74) is 0. The van der Waals surface area contributed by atoms with Crippen LogP contribution in [0.4, 0.5) is 0 Å². The molecular formula is C12H22N2O2. The van der Waals surface area contributed by atoms with Crippen molar-refractivity contribution < 1.29 is 9.53 Å².